The van der Waals surface area contributed by atoms with E-state index in [0.29, 0.717) is 11.7 Å². The molecule has 1 aromatic rings. The number of benzene rings is 1. The van der Waals surface area contributed by atoms with Gasteiger partial charge in [0.05, 0.1) is 0 Å². The molecule has 2 aliphatic rings. The zero-order valence-electron chi connectivity index (χ0n) is 11.3. The molecule has 20 heavy (non-hydrogen) atoms. The van der Waals surface area contributed by atoms with Crippen molar-refractivity contribution in [1.29, 1.82) is 0 Å². The first-order chi connectivity index (χ1) is 9.72. The third-order valence-corrected chi connectivity index (χ3v) is 4.23. The second-order valence-electron chi connectivity index (χ2n) is 5.62. The molecule has 3 rings (SSSR count). The SMILES string of the molecule is O=C(COc1ccccc1O)N/C=C1/C[C@H]2CC[C@H]1C2. The molecule has 1 amide bonds. The van der Waals surface area contributed by atoms with Crippen LogP contribution >= 0.6 is 0 Å². The van der Waals surface area contributed by atoms with Crippen molar-refractivity contribution in [2.24, 2.45) is 11.8 Å². The summed E-state index contributed by atoms with van der Waals surface area (Å²) in [6.07, 6.45) is 6.88. The van der Waals surface area contributed by atoms with Gasteiger partial charge in [-0.1, -0.05) is 17.7 Å². The van der Waals surface area contributed by atoms with Crippen molar-refractivity contribution in [3.05, 3.63) is 36.0 Å². The number of allylic oxidation sites excluding steroid dienone is 1. The number of amides is 1. The molecule has 2 N–H and O–H groups in total. The minimum Gasteiger partial charge on any atom is -0.504 e. The molecule has 0 spiro atoms. The molecule has 2 fully saturated rings. The third kappa shape index (κ3) is 2.79. The van der Waals surface area contributed by atoms with Gasteiger partial charge in [-0.2, -0.15) is 0 Å². The van der Waals surface area contributed by atoms with Crippen LogP contribution < -0.4 is 10.1 Å². The number of carbonyl (C=O) groups is 1. The number of phenolic OH excluding ortho intramolecular Hbond substituents is 1. The minimum atomic E-state index is -0.191. The van der Waals surface area contributed by atoms with Gasteiger partial charge in [0, 0.05) is 6.20 Å². The predicted octanol–water partition coefficient (Wildman–Crippen LogP) is 2.59. The summed E-state index contributed by atoms with van der Waals surface area (Å²) in [5, 5.41) is 12.3. The number of carbonyl (C=O) groups excluding carboxylic acids is 1. The maximum atomic E-state index is 11.7. The van der Waals surface area contributed by atoms with Gasteiger partial charge in [-0.25, -0.2) is 0 Å². The van der Waals surface area contributed by atoms with Crippen molar-refractivity contribution >= 4 is 5.91 Å². The molecule has 0 unspecified atom stereocenters. The number of aromatic hydroxyl groups is 1. The van der Waals surface area contributed by atoms with Crippen molar-refractivity contribution in [1.82, 2.24) is 5.32 Å². The number of phenols is 1. The number of hydrogen-bond acceptors (Lipinski definition) is 3. The summed E-state index contributed by atoms with van der Waals surface area (Å²) in [5.74, 6) is 1.70. The van der Waals surface area contributed by atoms with Gasteiger partial charge in [0.15, 0.2) is 18.1 Å². The molecule has 2 atom stereocenters. The zero-order chi connectivity index (χ0) is 13.9. The van der Waals surface area contributed by atoms with Gasteiger partial charge in [-0.15, -0.1) is 0 Å². The first-order valence-electron chi connectivity index (χ1n) is 7.11. The van der Waals surface area contributed by atoms with Crippen LogP contribution in [-0.4, -0.2) is 17.6 Å². The van der Waals surface area contributed by atoms with E-state index in [4.69, 9.17) is 4.74 Å². The topological polar surface area (TPSA) is 58.6 Å². The lowest BCUT2D eigenvalue weighted by Crippen LogP contribution is -2.25. The second-order valence-corrected chi connectivity index (χ2v) is 5.62. The standard InChI is InChI=1S/C16H19NO3/c18-14-3-1-2-4-15(14)20-10-16(19)17-9-13-8-11-5-6-12(13)7-11/h1-4,9,11-12,18H,5-8,10H2,(H,17,19)/b13-9-/t11-,12-/m0/s1. The molecule has 0 saturated heterocycles. The fourth-order valence-corrected chi connectivity index (χ4v) is 3.21. The van der Waals surface area contributed by atoms with E-state index in [-0.39, 0.29) is 18.3 Å². The number of hydrogen-bond donors (Lipinski definition) is 2. The summed E-state index contributed by atoms with van der Waals surface area (Å²) < 4.78 is 5.28. The van der Waals surface area contributed by atoms with E-state index >= 15 is 0 Å². The quantitative estimate of drug-likeness (QED) is 0.886. The van der Waals surface area contributed by atoms with Crippen LogP contribution in [0.3, 0.4) is 0 Å². The Morgan fingerprint density at radius 1 is 1.40 bits per heavy atom. The summed E-state index contributed by atoms with van der Waals surface area (Å²) in [5.41, 5.74) is 1.37. The molecule has 1 aromatic carbocycles. The lowest BCUT2D eigenvalue weighted by atomic mass is 9.96. The van der Waals surface area contributed by atoms with Crippen LogP contribution in [0.4, 0.5) is 0 Å². The smallest absolute Gasteiger partial charge is 0.261 e. The number of para-hydroxylation sites is 2. The fourth-order valence-electron chi connectivity index (χ4n) is 3.21. The number of fused-ring (bicyclic) bond motifs is 2. The average molecular weight is 273 g/mol. The maximum Gasteiger partial charge on any atom is 0.261 e. The van der Waals surface area contributed by atoms with E-state index in [9.17, 15) is 9.90 Å². The Hall–Kier alpha value is -1.97. The van der Waals surface area contributed by atoms with Crippen LogP contribution in [-0.2, 0) is 4.79 Å². The molecule has 2 saturated carbocycles. The summed E-state index contributed by atoms with van der Waals surface area (Å²) in [6.45, 7) is -0.0878. The lowest BCUT2D eigenvalue weighted by Gasteiger charge is -2.13. The van der Waals surface area contributed by atoms with Gasteiger partial charge >= 0.3 is 0 Å². The van der Waals surface area contributed by atoms with Gasteiger partial charge in [0.25, 0.3) is 5.91 Å². The molecular weight excluding hydrogens is 254 g/mol. The van der Waals surface area contributed by atoms with Crippen molar-refractivity contribution in [2.75, 3.05) is 6.61 Å². The molecule has 106 valence electrons. The predicted molar refractivity (Wildman–Crippen MR) is 75.3 cm³/mol. The summed E-state index contributed by atoms with van der Waals surface area (Å²) in [7, 11) is 0. The zero-order valence-corrected chi connectivity index (χ0v) is 11.3. The second kappa shape index (κ2) is 5.57. The number of rotatable bonds is 4. The van der Waals surface area contributed by atoms with Crippen molar-refractivity contribution in [3.8, 4) is 11.5 Å². The first kappa shape index (κ1) is 13.0. The van der Waals surface area contributed by atoms with Gasteiger partial charge in [0.2, 0.25) is 0 Å². The molecule has 4 nitrogen and oxygen atoms in total. The monoisotopic (exact) mass is 273 g/mol. The van der Waals surface area contributed by atoms with E-state index < -0.39 is 0 Å². The van der Waals surface area contributed by atoms with E-state index in [2.05, 4.69) is 5.32 Å². The van der Waals surface area contributed by atoms with Crippen LogP contribution in [0.2, 0.25) is 0 Å². The third-order valence-electron chi connectivity index (χ3n) is 4.23. The van der Waals surface area contributed by atoms with Crippen LogP contribution in [0.25, 0.3) is 0 Å². The lowest BCUT2D eigenvalue weighted by molar-refractivity contribution is -0.122. The van der Waals surface area contributed by atoms with Gasteiger partial charge in [-0.05, 0) is 49.7 Å². The molecule has 0 aromatic heterocycles. The Kier molecular flexibility index (Phi) is 3.63. The summed E-state index contributed by atoms with van der Waals surface area (Å²) in [4.78, 5) is 11.7. The maximum absolute atomic E-state index is 11.7. The number of nitrogens with one attached hydrogen (secondary N) is 1. The van der Waals surface area contributed by atoms with Crippen molar-refractivity contribution in [3.63, 3.8) is 0 Å². The van der Waals surface area contributed by atoms with Gasteiger partial charge in [-0.3, -0.25) is 4.79 Å². The average Bonchev–Trinajstić information content (AvgIpc) is 3.06. The molecular formula is C16H19NO3. The van der Waals surface area contributed by atoms with E-state index in [1.165, 1.54) is 30.9 Å². The van der Waals surface area contributed by atoms with Gasteiger partial charge in [0.1, 0.15) is 0 Å². The Labute approximate surface area is 118 Å². The molecule has 2 aliphatic carbocycles. The molecule has 2 bridgehead atoms. The Morgan fingerprint density at radius 2 is 2.25 bits per heavy atom. The van der Waals surface area contributed by atoms with Crippen molar-refractivity contribution < 1.29 is 14.6 Å². The van der Waals surface area contributed by atoms with E-state index in [1.807, 2.05) is 6.20 Å². The van der Waals surface area contributed by atoms with Crippen LogP contribution in [0, 0.1) is 11.8 Å². The molecule has 0 heterocycles. The molecule has 0 aliphatic heterocycles. The highest BCUT2D eigenvalue weighted by atomic mass is 16.5. The fraction of sp³-hybridized carbons (Fsp3) is 0.438. The first-order valence-corrected chi connectivity index (χ1v) is 7.11. The van der Waals surface area contributed by atoms with E-state index in [1.54, 1.807) is 18.2 Å². The summed E-state index contributed by atoms with van der Waals surface area (Å²) in [6, 6.07) is 6.63. The Morgan fingerprint density at radius 3 is 2.95 bits per heavy atom. The van der Waals surface area contributed by atoms with Crippen LogP contribution in [0.5, 0.6) is 11.5 Å². The van der Waals surface area contributed by atoms with Gasteiger partial charge < -0.3 is 15.2 Å². The highest BCUT2D eigenvalue weighted by molar-refractivity contribution is 5.78. The number of ether oxygens (including phenoxy) is 1. The van der Waals surface area contributed by atoms with Crippen molar-refractivity contribution in [2.45, 2.75) is 25.7 Å². The Balaban J connectivity index is 1.48. The largest absolute Gasteiger partial charge is 0.504 e. The van der Waals surface area contributed by atoms with Crippen LogP contribution in [0.15, 0.2) is 36.0 Å². The summed E-state index contributed by atoms with van der Waals surface area (Å²) >= 11 is 0. The molecule has 4 heteroatoms. The highest BCUT2D eigenvalue weighted by Crippen LogP contribution is 2.47. The highest BCUT2D eigenvalue weighted by Gasteiger charge is 2.35. The van der Waals surface area contributed by atoms with E-state index in [0.717, 1.165) is 12.3 Å². The van der Waals surface area contributed by atoms with Crippen LogP contribution in [0.1, 0.15) is 25.7 Å². The Bertz CT molecular complexity index is 538. The molecule has 0 radical (unpaired) electrons. The normalized spacial score (nSPS) is 25.9. The minimum absolute atomic E-state index is 0.0479.